The Balaban J connectivity index is 2.21. The van der Waals surface area contributed by atoms with E-state index in [0.717, 1.165) is 36.9 Å². The van der Waals surface area contributed by atoms with Crippen LogP contribution in [0.4, 0.5) is 5.13 Å². The number of nitrogens with zero attached hydrogens (tertiary/aromatic N) is 2. The molecule has 4 nitrogen and oxygen atoms in total. The lowest BCUT2D eigenvalue weighted by molar-refractivity contribution is 0.0821. The lowest BCUT2D eigenvalue weighted by Gasteiger charge is -2.21. The predicted molar refractivity (Wildman–Crippen MR) is 76.3 cm³/mol. The molecule has 2 N–H and O–H groups in total. The molecule has 0 saturated carbocycles. The number of aromatic nitrogens is 1. The van der Waals surface area contributed by atoms with E-state index in [4.69, 9.17) is 15.5 Å². The fourth-order valence-electron chi connectivity index (χ4n) is 2.25. The van der Waals surface area contributed by atoms with Crippen LogP contribution in [0.5, 0.6) is 0 Å². The zero-order valence-corrected chi connectivity index (χ0v) is 12.3. The van der Waals surface area contributed by atoms with Crippen LogP contribution in [-0.2, 0) is 11.3 Å². The van der Waals surface area contributed by atoms with E-state index in [-0.39, 0.29) is 6.10 Å². The van der Waals surface area contributed by atoms with Gasteiger partial charge in [0.1, 0.15) is 0 Å². The molecular formula is C13H23N3OS. The van der Waals surface area contributed by atoms with Gasteiger partial charge in [0.15, 0.2) is 5.13 Å². The number of ether oxygens (including phenoxy) is 1. The van der Waals surface area contributed by atoms with Crippen molar-refractivity contribution in [3.8, 4) is 0 Å². The maximum absolute atomic E-state index is 5.82. The van der Waals surface area contributed by atoms with Crippen molar-refractivity contribution in [1.29, 1.82) is 0 Å². The highest BCUT2D eigenvalue weighted by atomic mass is 32.1. The average Bonchev–Trinajstić information content (AvgIpc) is 2.66. The summed E-state index contributed by atoms with van der Waals surface area (Å²) >= 11 is 1.74. The van der Waals surface area contributed by atoms with Crippen LogP contribution in [0.2, 0.25) is 0 Å². The zero-order chi connectivity index (χ0) is 13.1. The predicted octanol–water partition coefficient (Wildman–Crippen LogP) is 2.34. The van der Waals surface area contributed by atoms with Gasteiger partial charge in [0.05, 0.1) is 11.8 Å². The van der Waals surface area contributed by atoms with E-state index in [1.807, 2.05) is 0 Å². The standard InChI is InChI=1S/C13H23N3OS/c1-9(2)12-11(7-14)18-13(15-12)16-5-4-6-17-10(3)8-16/h9-10H,4-8,14H2,1-3H3. The molecular weight excluding hydrogens is 246 g/mol. The van der Waals surface area contributed by atoms with Crippen LogP contribution in [0, 0.1) is 0 Å². The van der Waals surface area contributed by atoms with Gasteiger partial charge >= 0.3 is 0 Å². The fraction of sp³-hybridized carbons (Fsp3) is 0.769. The fourth-order valence-corrected chi connectivity index (χ4v) is 3.38. The van der Waals surface area contributed by atoms with Crippen molar-refractivity contribution in [2.45, 2.75) is 45.8 Å². The number of nitrogens with two attached hydrogens (primary N) is 1. The first kappa shape index (κ1) is 13.8. The van der Waals surface area contributed by atoms with Crippen LogP contribution in [0.1, 0.15) is 43.7 Å². The van der Waals surface area contributed by atoms with Crippen LogP contribution in [0.25, 0.3) is 0 Å². The molecule has 1 aromatic rings. The van der Waals surface area contributed by atoms with Crippen molar-refractivity contribution in [3.05, 3.63) is 10.6 Å². The maximum Gasteiger partial charge on any atom is 0.185 e. The zero-order valence-electron chi connectivity index (χ0n) is 11.5. The highest BCUT2D eigenvalue weighted by Gasteiger charge is 2.21. The number of hydrogen-bond acceptors (Lipinski definition) is 5. The van der Waals surface area contributed by atoms with Crippen LogP contribution >= 0.6 is 11.3 Å². The van der Waals surface area contributed by atoms with E-state index in [2.05, 4.69) is 25.7 Å². The molecule has 0 aliphatic carbocycles. The van der Waals surface area contributed by atoms with Crippen molar-refractivity contribution in [1.82, 2.24) is 4.98 Å². The van der Waals surface area contributed by atoms with Crippen LogP contribution in [0.3, 0.4) is 0 Å². The topological polar surface area (TPSA) is 51.4 Å². The molecule has 0 bridgehead atoms. The van der Waals surface area contributed by atoms with Crippen LogP contribution < -0.4 is 10.6 Å². The Labute approximate surface area is 113 Å². The summed E-state index contributed by atoms with van der Waals surface area (Å²) < 4.78 is 5.68. The third kappa shape index (κ3) is 3.02. The molecule has 0 spiro atoms. The van der Waals surface area contributed by atoms with Gasteiger partial charge in [-0.1, -0.05) is 13.8 Å². The number of anilines is 1. The minimum absolute atomic E-state index is 0.278. The van der Waals surface area contributed by atoms with Gasteiger partial charge in [-0.05, 0) is 19.3 Å². The van der Waals surface area contributed by atoms with Gasteiger partial charge in [0, 0.05) is 31.1 Å². The summed E-state index contributed by atoms with van der Waals surface area (Å²) in [7, 11) is 0. The molecule has 1 saturated heterocycles. The van der Waals surface area contributed by atoms with E-state index < -0.39 is 0 Å². The molecule has 1 aliphatic heterocycles. The molecule has 5 heteroatoms. The van der Waals surface area contributed by atoms with Crippen LogP contribution in [-0.4, -0.2) is 30.8 Å². The van der Waals surface area contributed by atoms with E-state index in [9.17, 15) is 0 Å². The second-order valence-electron chi connectivity index (χ2n) is 5.14. The molecule has 0 radical (unpaired) electrons. The molecule has 1 fully saturated rings. The second kappa shape index (κ2) is 5.99. The maximum atomic E-state index is 5.82. The van der Waals surface area contributed by atoms with Crippen molar-refractivity contribution < 1.29 is 4.74 Å². The van der Waals surface area contributed by atoms with E-state index in [1.54, 1.807) is 11.3 Å². The molecule has 18 heavy (non-hydrogen) atoms. The summed E-state index contributed by atoms with van der Waals surface area (Å²) in [6, 6.07) is 0. The largest absolute Gasteiger partial charge is 0.377 e. The number of hydrogen-bond donors (Lipinski definition) is 1. The summed E-state index contributed by atoms with van der Waals surface area (Å²) in [5.41, 5.74) is 6.98. The SMILES string of the molecule is CC1CN(c2nc(C(C)C)c(CN)s2)CCCO1. The summed E-state index contributed by atoms with van der Waals surface area (Å²) in [6.45, 7) is 9.86. The summed E-state index contributed by atoms with van der Waals surface area (Å²) in [5.74, 6) is 0.439. The minimum Gasteiger partial charge on any atom is -0.377 e. The van der Waals surface area contributed by atoms with Gasteiger partial charge in [0.25, 0.3) is 0 Å². The Kier molecular flexibility index (Phi) is 4.59. The molecule has 1 unspecified atom stereocenters. The highest BCUT2D eigenvalue weighted by molar-refractivity contribution is 7.15. The minimum atomic E-state index is 0.278. The Morgan fingerprint density at radius 3 is 2.94 bits per heavy atom. The van der Waals surface area contributed by atoms with Gasteiger partial charge in [-0.25, -0.2) is 4.98 Å². The monoisotopic (exact) mass is 269 g/mol. The molecule has 2 rings (SSSR count). The van der Waals surface area contributed by atoms with E-state index in [0.29, 0.717) is 12.5 Å². The quantitative estimate of drug-likeness (QED) is 0.915. The summed E-state index contributed by atoms with van der Waals surface area (Å²) in [5, 5.41) is 1.11. The second-order valence-corrected chi connectivity index (χ2v) is 6.21. The van der Waals surface area contributed by atoms with E-state index >= 15 is 0 Å². The van der Waals surface area contributed by atoms with Crippen molar-refractivity contribution in [2.75, 3.05) is 24.6 Å². The van der Waals surface area contributed by atoms with Gasteiger partial charge in [-0.15, -0.1) is 11.3 Å². The average molecular weight is 269 g/mol. The van der Waals surface area contributed by atoms with E-state index in [1.165, 1.54) is 4.88 Å². The van der Waals surface area contributed by atoms with Gasteiger partial charge < -0.3 is 15.4 Å². The third-order valence-corrected chi connectivity index (χ3v) is 4.33. The molecule has 1 aromatic heterocycles. The molecule has 102 valence electrons. The first-order chi connectivity index (χ1) is 8.61. The molecule has 1 atom stereocenters. The summed E-state index contributed by atoms with van der Waals surface area (Å²) in [4.78, 5) is 8.35. The van der Waals surface area contributed by atoms with Gasteiger partial charge in [-0.3, -0.25) is 0 Å². The Bertz CT molecular complexity index is 392. The lowest BCUT2D eigenvalue weighted by Crippen LogP contribution is -2.29. The van der Waals surface area contributed by atoms with Crippen LogP contribution in [0.15, 0.2) is 0 Å². The lowest BCUT2D eigenvalue weighted by atomic mass is 10.1. The van der Waals surface area contributed by atoms with Crippen molar-refractivity contribution >= 4 is 16.5 Å². The number of thiazole rings is 1. The molecule has 2 heterocycles. The first-order valence-corrected chi connectivity index (χ1v) is 7.49. The van der Waals surface area contributed by atoms with Gasteiger partial charge in [-0.2, -0.15) is 0 Å². The Morgan fingerprint density at radius 1 is 1.56 bits per heavy atom. The normalized spacial score (nSPS) is 21.4. The number of rotatable bonds is 3. The summed E-state index contributed by atoms with van der Waals surface area (Å²) in [6.07, 6.45) is 1.35. The molecule has 0 amide bonds. The third-order valence-electron chi connectivity index (χ3n) is 3.17. The highest BCUT2D eigenvalue weighted by Crippen LogP contribution is 2.31. The Morgan fingerprint density at radius 2 is 2.33 bits per heavy atom. The molecule has 0 aromatic carbocycles. The molecule has 1 aliphatic rings. The van der Waals surface area contributed by atoms with Gasteiger partial charge in [0.2, 0.25) is 0 Å². The van der Waals surface area contributed by atoms with Crippen molar-refractivity contribution in [3.63, 3.8) is 0 Å². The smallest absolute Gasteiger partial charge is 0.185 e. The van der Waals surface area contributed by atoms with Crippen molar-refractivity contribution in [2.24, 2.45) is 5.73 Å². The first-order valence-electron chi connectivity index (χ1n) is 6.68. The Hall–Kier alpha value is -0.650.